The van der Waals surface area contributed by atoms with Gasteiger partial charge in [0.05, 0.1) is 79.7 Å². The Bertz CT molecular complexity index is 3060. The molecule has 0 saturated carbocycles. The number of hydrogen-bond acceptors (Lipinski definition) is 10. The Morgan fingerprint density at radius 3 is 0.894 bits per heavy atom. The van der Waals surface area contributed by atoms with Crippen molar-refractivity contribution in [2.75, 3.05) is 0 Å². The number of alkyl halides is 32. The third-order valence-electron chi connectivity index (χ3n) is 9.65. The molecule has 0 amide bonds. The Morgan fingerprint density at radius 1 is 0.388 bits per heavy atom. The van der Waals surface area contributed by atoms with Crippen molar-refractivity contribution in [1.82, 2.24) is 18.3 Å². The molecule has 0 aliphatic rings. The number of aryl methyl sites for hydroxylation is 4. The van der Waals surface area contributed by atoms with E-state index in [0.717, 1.165) is 28.2 Å². The van der Waals surface area contributed by atoms with Crippen LogP contribution in [0.4, 0.5) is 140 Å². The summed E-state index contributed by atoms with van der Waals surface area (Å²) in [6, 6.07) is 0. The summed E-state index contributed by atoms with van der Waals surface area (Å²) in [5.41, 5.74) is -22.7. The fourth-order valence-electron chi connectivity index (χ4n) is 6.28. The standard InChI is InChI=1S/2C9H5BrF8N2O.2C9H6F8N2O.BHNS/c1-20-2-3(8(13,14)15)4(5(20)6(10)19-21)7(11,12)9(16,17)18;1-20-2-3(7(11,12)9(16,17)18)4(8(13,14)15)5(20)6(10)19-21;1-19-3-4(8(12,13)14)6(5(19)2-18-20)7(10,11)9(15,16)17;1-19-3-4(7(10,11)9(15,16)17)6(8(12,13)14)5(19)2-18-20;1-2-3/h2*2,21H,1H3;2*2-3,20H,1H3;3H/b2*19-6-;2*18-2+;. The maximum atomic E-state index is 13.4. The van der Waals surface area contributed by atoms with E-state index in [1.807, 2.05) is 0 Å². The molecule has 1 radical (unpaired) electrons. The topological polar surface area (TPSA) is 162 Å². The molecule has 0 spiro atoms. The van der Waals surface area contributed by atoms with Crippen LogP contribution < -0.4 is 0 Å². The third kappa shape index (κ3) is 17.6. The van der Waals surface area contributed by atoms with E-state index in [-0.39, 0.29) is 37.2 Å². The quantitative estimate of drug-likeness (QED) is 0.0297. The molecule has 0 aliphatic heterocycles. The molecular weight excluding hydrogens is 1430 g/mol. The summed E-state index contributed by atoms with van der Waals surface area (Å²) in [6.45, 7) is 0. The van der Waals surface area contributed by atoms with Crippen LogP contribution in [0.15, 0.2) is 49.7 Å². The predicted octanol–water partition coefficient (Wildman–Crippen LogP) is 15.7. The third-order valence-corrected chi connectivity index (χ3v) is 10.7. The van der Waals surface area contributed by atoms with Crippen molar-refractivity contribution < 1.29 is 161 Å². The van der Waals surface area contributed by atoms with Gasteiger partial charge in [-0.15, -0.1) is 0 Å². The molecule has 0 aromatic carbocycles. The molecular formula is C36H23BBr2F32N9O4S. The van der Waals surface area contributed by atoms with E-state index < -0.39 is 150 Å². The molecule has 0 saturated heterocycles. The van der Waals surface area contributed by atoms with E-state index in [1.54, 1.807) is 0 Å². The van der Waals surface area contributed by atoms with Gasteiger partial charge in [0.2, 0.25) is 0 Å². The van der Waals surface area contributed by atoms with Gasteiger partial charge in [0, 0.05) is 53.0 Å². The van der Waals surface area contributed by atoms with E-state index in [9.17, 15) is 140 Å². The number of nitrogens with zero attached hydrogens (tertiary/aromatic N) is 9. The van der Waals surface area contributed by atoms with Gasteiger partial charge in [-0.2, -0.15) is 140 Å². The average Bonchev–Trinajstić information content (AvgIpc) is 4.06. The summed E-state index contributed by atoms with van der Waals surface area (Å²) in [6.07, 6.45) is -46.5. The second-order valence-corrected chi connectivity index (χ2v) is 17.0. The van der Waals surface area contributed by atoms with Gasteiger partial charge >= 0.3 is 97.9 Å². The van der Waals surface area contributed by atoms with Crippen LogP contribution in [0.5, 0.6) is 0 Å². The Labute approximate surface area is 471 Å². The molecule has 0 bridgehead atoms. The summed E-state index contributed by atoms with van der Waals surface area (Å²) in [5, 5.41) is 42.3. The summed E-state index contributed by atoms with van der Waals surface area (Å²) >= 11 is 7.89. The Kier molecular flexibility index (Phi) is 25.0. The van der Waals surface area contributed by atoms with Gasteiger partial charge in [-0.05, 0) is 31.9 Å². The summed E-state index contributed by atoms with van der Waals surface area (Å²) in [4.78, 5) is 0. The van der Waals surface area contributed by atoms with Crippen molar-refractivity contribution in [3.63, 3.8) is 0 Å². The molecule has 483 valence electrons. The van der Waals surface area contributed by atoms with Gasteiger partial charge in [-0.25, -0.2) is 0 Å². The molecule has 13 nitrogen and oxygen atoms in total. The van der Waals surface area contributed by atoms with Crippen LogP contribution in [0.1, 0.15) is 67.3 Å². The predicted molar refractivity (Wildman–Crippen MR) is 232 cm³/mol. The van der Waals surface area contributed by atoms with Crippen LogP contribution in [-0.2, 0) is 76.6 Å². The van der Waals surface area contributed by atoms with Crippen molar-refractivity contribution in [3.8, 4) is 0 Å². The molecule has 0 unspecified atom stereocenters. The molecule has 4 N–H and O–H groups in total. The molecule has 4 rings (SSSR count). The molecule has 4 aromatic rings. The number of aromatic nitrogens is 4. The normalized spacial score (nSPS) is 14.1. The zero-order chi connectivity index (χ0) is 68.2. The van der Waals surface area contributed by atoms with Crippen molar-refractivity contribution in [1.29, 1.82) is 0 Å². The van der Waals surface area contributed by atoms with Crippen LogP contribution >= 0.6 is 44.7 Å². The van der Waals surface area contributed by atoms with Gasteiger partial charge in [0.1, 0.15) is 0 Å². The number of hydrogen-bond donors (Lipinski definition) is 5. The number of oxime groups is 4. The van der Waals surface area contributed by atoms with Crippen LogP contribution in [0.3, 0.4) is 0 Å². The first kappa shape index (κ1) is 78.9. The second-order valence-electron chi connectivity index (χ2n) is 15.2. The zero-order valence-electron chi connectivity index (χ0n) is 40.2. The first-order chi connectivity index (χ1) is 37.6. The fraction of sp³-hybridized carbons (Fsp3) is 0.444. The van der Waals surface area contributed by atoms with Gasteiger partial charge < -0.3 is 39.1 Å². The maximum absolute atomic E-state index is 13.4. The first-order valence-electron chi connectivity index (χ1n) is 19.6. The van der Waals surface area contributed by atoms with Gasteiger partial charge in [0.15, 0.2) is 9.24 Å². The molecule has 85 heavy (non-hydrogen) atoms. The van der Waals surface area contributed by atoms with E-state index >= 15 is 0 Å². The van der Waals surface area contributed by atoms with Gasteiger partial charge in [0.25, 0.3) is 0 Å². The van der Waals surface area contributed by atoms with Crippen molar-refractivity contribution >= 4 is 74.0 Å². The minimum absolute atomic E-state index is 0.00662. The Morgan fingerprint density at radius 2 is 0.624 bits per heavy atom. The zero-order valence-corrected chi connectivity index (χ0v) is 44.2. The van der Waals surface area contributed by atoms with E-state index in [1.165, 1.54) is 0 Å². The average molecular weight is 1460 g/mol. The molecule has 49 heteroatoms. The molecule has 0 fully saturated rings. The molecule has 4 aromatic heterocycles. The van der Waals surface area contributed by atoms with Crippen LogP contribution in [0.25, 0.3) is 0 Å². The number of halogens is 34. The van der Waals surface area contributed by atoms with Crippen LogP contribution in [0, 0.1) is 0 Å². The number of thiol groups is 1. The first-order valence-corrected chi connectivity index (χ1v) is 21.6. The van der Waals surface area contributed by atoms with E-state index in [2.05, 4.69) is 77.2 Å². The van der Waals surface area contributed by atoms with Gasteiger partial charge in [-0.1, -0.05) is 20.6 Å². The fourth-order valence-corrected chi connectivity index (χ4v) is 7.23. The summed E-state index contributed by atoms with van der Waals surface area (Å²) in [5.74, 6) is -23.0. The molecule has 0 atom stereocenters. The van der Waals surface area contributed by atoms with Crippen LogP contribution in [0.2, 0.25) is 0 Å². The van der Waals surface area contributed by atoms with E-state index in [4.69, 9.17) is 20.8 Å². The summed E-state index contributed by atoms with van der Waals surface area (Å²) < 4.78 is 408. The second kappa shape index (κ2) is 26.9. The van der Waals surface area contributed by atoms with Gasteiger partial charge in [-0.3, -0.25) is 0 Å². The van der Waals surface area contributed by atoms with Crippen LogP contribution in [-0.4, -0.2) is 93.1 Å². The summed E-state index contributed by atoms with van der Waals surface area (Å²) in [7, 11) is 7.55. The molecule has 0 aliphatic carbocycles. The number of rotatable bonds is 8. The Balaban J connectivity index is 0.00000109. The van der Waals surface area contributed by atoms with Crippen molar-refractivity contribution in [2.45, 2.75) is 73.1 Å². The van der Waals surface area contributed by atoms with E-state index in [0.29, 0.717) is 18.3 Å². The SMILES string of the molecule is Cn1cc(C(F)(F)C(F)(F)F)c(C(F)(F)F)c1/C(Br)=N/O.Cn1cc(C(F)(F)C(F)(F)F)c(C(F)(F)F)c1/C=N/O.Cn1cc(C(F)(F)F)c(C(F)(F)C(F)(F)F)c1/C(Br)=N/O.Cn1cc(C(F)(F)F)c(C(F)(F)C(F)(F)F)c1/C=N/O.[B]=NS. The monoisotopic (exact) mass is 1450 g/mol. The minimum atomic E-state index is -6.26. The Hall–Kier alpha value is -6.07. The molecule has 4 heterocycles. The van der Waals surface area contributed by atoms with Crippen molar-refractivity contribution in [3.05, 3.63) is 92.1 Å². The van der Waals surface area contributed by atoms with Crippen molar-refractivity contribution in [2.24, 2.45) is 53.1 Å².